The standard InChI is InChI=1S/C19H18ClN3O6/c1-3-26-19(25)15-10(2)29-18-16(15)17(21)22-13(23-18)8-28-14(24)9-27-12-6-4-5-11(20)7-12/h4-7H,3,8-9H2,1-2H3,(H2,21,22,23). The van der Waals surface area contributed by atoms with Gasteiger partial charge in [0.05, 0.1) is 12.0 Å². The van der Waals surface area contributed by atoms with Gasteiger partial charge < -0.3 is 24.4 Å². The number of fused-ring (bicyclic) bond motifs is 1. The molecule has 10 heteroatoms. The monoisotopic (exact) mass is 419 g/mol. The van der Waals surface area contributed by atoms with Gasteiger partial charge in [-0.2, -0.15) is 4.98 Å². The maximum Gasteiger partial charge on any atom is 0.344 e. The molecule has 0 aliphatic rings. The molecule has 2 heterocycles. The molecule has 2 N–H and O–H groups in total. The highest BCUT2D eigenvalue weighted by molar-refractivity contribution is 6.30. The summed E-state index contributed by atoms with van der Waals surface area (Å²) in [7, 11) is 0. The van der Waals surface area contributed by atoms with Crippen LogP contribution in [0.5, 0.6) is 5.75 Å². The summed E-state index contributed by atoms with van der Waals surface area (Å²) in [6.07, 6.45) is 0. The van der Waals surface area contributed by atoms with E-state index in [0.717, 1.165) is 0 Å². The largest absolute Gasteiger partial charge is 0.482 e. The van der Waals surface area contributed by atoms with Gasteiger partial charge >= 0.3 is 11.9 Å². The molecule has 0 atom stereocenters. The lowest BCUT2D eigenvalue weighted by Gasteiger charge is -2.07. The van der Waals surface area contributed by atoms with Gasteiger partial charge in [0, 0.05) is 5.02 Å². The van der Waals surface area contributed by atoms with E-state index in [1.165, 1.54) is 0 Å². The Morgan fingerprint density at radius 1 is 1.24 bits per heavy atom. The van der Waals surface area contributed by atoms with E-state index >= 15 is 0 Å². The van der Waals surface area contributed by atoms with Gasteiger partial charge in [-0.25, -0.2) is 14.6 Å². The van der Waals surface area contributed by atoms with Gasteiger partial charge in [0.2, 0.25) is 5.71 Å². The van der Waals surface area contributed by atoms with Crippen LogP contribution in [0, 0.1) is 6.92 Å². The molecular formula is C19H18ClN3O6. The van der Waals surface area contributed by atoms with E-state index in [1.807, 2.05) is 0 Å². The van der Waals surface area contributed by atoms with E-state index in [9.17, 15) is 9.59 Å². The van der Waals surface area contributed by atoms with Gasteiger partial charge in [-0.15, -0.1) is 0 Å². The summed E-state index contributed by atoms with van der Waals surface area (Å²) < 4.78 is 20.9. The molecule has 0 spiro atoms. The number of rotatable bonds is 7. The molecule has 3 aromatic rings. The third-order valence-corrected chi connectivity index (χ3v) is 4.03. The van der Waals surface area contributed by atoms with Crippen molar-refractivity contribution in [1.82, 2.24) is 9.97 Å². The molecule has 1 aromatic carbocycles. The molecule has 0 unspecified atom stereocenters. The molecule has 0 fully saturated rings. The van der Waals surface area contributed by atoms with Gasteiger partial charge in [0.15, 0.2) is 19.0 Å². The van der Waals surface area contributed by atoms with Crippen LogP contribution in [0.2, 0.25) is 5.02 Å². The molecule has 3 rings (SSSR count). The first-order valence-electron chi connectivity index (χ1n) is 8.65. The van der Waals surface area contributed by atoms with Crippen molar-refractivity contribution < 1.29 is 28.2 Å². The Balaban J connectivity index is 1.67. The van der Waals surface area contributed by atoms with E-state index < -0.39 is 11.9 Å². The van der Waals surface area contributed by atoms with Crippen molar-refractivity contribution in [3.63, 3.8) is 0 Å². The number of aromatic nitrogens is 2. The number of hydrogen-bond donors (Lipinski definition) is 1. The molecular weight excluding hydrogens is 402 g/mol. The van der Waals surface area contributed by atoms with Gasteiger partial charge in [-0.05, 0) is 32.0 Å². The number of aryl methyl sites for hydroxylation is 1. The fourth-order valence-electron chi connectivity index (χ4n) is 2.58. The molecule has 0 aliphatic heterocycles. The fourth-order valence-corrected chi connectivity index (χ4v) is 2.76. The Morgan fingerprint density at radius 3 is 2.76 bits per heavy atom. The van der Waals surface area contributed by atoms with Crippen molar-refractivity contribution in [2.75, 3.05) is 18.9 Å². The lowest BCUT2D eigenvalue weighted by atomic mass is 10.2. The van der Waals surface area contributed by atoms with Crippen LogP contribution in [0.15, 0.2) is 28.7 Å². The van der Waals surface area contributed by atoms with E-state index in [-0.39, 0.29) is 48.1 Å². The third kappa shape index (κ3) is 4.75. The zero-order valence-electron chi connectivity index (χ0n) is 15.7. The number of hydrogen-bond acceptors (Lipinski definition) is 9. The third-order valence-electron chi connectivity index (χ3n) is 3.80. The molecule has 0 saturated carbocycles. The predicted octanol–water partition coefficient (Wildman–Crippen LogP) is 3.07. The molecule has 2 aromatic heterocycles. The number of carbonyl (C=O) groups is 2. The Bertz CT molecular complexity index is 1070. The summed E-state index contributed by atoms with van der Waals surface area (Å²) in [6.45, 7) is 2.94. The van der Waals surface area contributed by atoms with E-state index in [1.54, 1.807) is 38.1 Å². The van der Waals surface area contributed by atoms with Crippen LogP contribution in [-0.4, -0.2) is 35.1 Å². The summed E-state index contributed by atoms with van der Waals surface area (Å²) in [5.74, 6) is -0.310. The summed E-state index contributed by atoms with van der Waals surface area (Å²) in [6, 6.07) is 6.63. The molecule has 0 amide bonds. The van der Waals surface area contributed by atoms with Crippen LogP contribution in [-0.2, 0) is 20.9 Å². The summed E-state index contributed by atoms with van der Waals surface area (Å²) >= 11 is 5.85. The minimum Gasteiger partial charge on any atom is -0.482 e. The molecule has 9 nitrogen and oxygen atoms in total. The van der Waals surface area contributed by atoms with Crippen molar-refractivity contribution in [2.45, 2.75) is 20.5 Å². The number of esters is 2. The summed E-state index contributed by atoms with van der Waals surface area (Å²) in [5, 5.41) is 0.754. The van der Waals surface area contributed by atoms with Crippen LogP contribution in [0.3, 0.4) is 0 Å². The maximum atomic E-state index is 12.1. The van der Waals surface area contributed by atoms with E-state index in [4.69, 9.17) is 36.0 Å². The first-order valence-corrected chi connectivity index (χ1v) is 9.03. The van der Waals surface area contributed by atoms with Gasteiger partial charge in [0.25, 0.3) is 0 Å². The average molecular weight is 420 g/mol. The zero-order chi connectivity index (χ0) is 21.0. The zero-order valence-corrected chi connectivity index (χ0v) is 16.5. The molecule has 0 bridgehead atoms. The average Bonchev–Trinajstić information content (AvgIpc) is 3.01. The highest BCUT2D eigenvalue weighted by Crippen LogP contribution is 2.29. The number of benzene rings is 1. The van der Waals surface area contributed by atoms with Crippen molar-refractivity contribution in [2.24, 2.45) is 0 Å². The summed E-state index contributed by atoms with van der Waals surface area (Å²) in [5.41, 5.74) is 6.25. The van der Waals surface area contributed by atoms with Gasteiger partial charge in [-0.3, -0.25) is 0 Å². The number of nitrogens with zero attached hydrogens (tertiary/aromatic N) is 2. The highest BCUT2D eigenvalue weighted by Gasteiger charge is 2.24. The van der Waals surface area contributed by atoms with E-state index in [0.29, 0.717) is 16.5 Å². The Kier molecular flexibility index (Phi) is 6.18. The van der Waals surface area contributed by atoms with Gasteiger partial charge in [-0.1, -0.05) is 17.7 Å². The molecule has 0 saturated heterocycles. The Morgan fingerprint density at radius 2 is 2.03 bits per heavy atom. The molecule has 0 radical (unpaired) electrons. The Hall–Kier alpha value is -3.33. The van der Waals surface area contributed by atoms with Crippen molar-refractivity contribution in [1.29, 1.82) is 0 Å². The quantitative estimate of drug-likeness (QED) is 0.574. The van der Waals surface area contributed by atoms with Crippen LogP contribution >= 0.6 is 11.6 Å². The normalized spacial score (nSPS) is 10.7. The highest BCUT2D eigenvalue weighted by atomic mass is 35.5. The second kappa shape index (κ2) is 8.78. The number of furan rings is 1. The molecule has 0 aliphatic carbocycles. The first kappa shape index (κ1) is 20.4. The first-order chi connectivity index (χ1) is 13.9. The number of nitrogen functional groups attached to an aromatic ring is 1. The van der Waals surface area contributed by atoms with Crippen LogP contribution in [0.4, 0.5) is 5.82 Å². The van der Waals surface area contributed by atoms with Crippen LogP contribution < -0.4 is 10.5 Å². The number of carbonyl (C=O) groups excluding carboxylic acids is 2. The van der Waals surface area contributed by atoms with Crippen molar-refractivity contribution >= 4 is 40.5 Å². The topological polar surface area (TPSA) is 127 Å². The van der Waals surface area contributed by atoms with Crippen LogP contribution in [0.25, 0.3) is 11.1 Å². The van der Waals surface area contributed by atoms with Crippen molar-refractivity contribution in [3.8, 4) is 5.75 Å². The Labute approximate surface area is 170 Å². The minimum atomic E-state index is -0.630. The number of halogens is 1. The van der Waals surface area contributed by atoms with Gasteiger partial charge in [0.1, 0.15) is 22.9 Å². The SMILES string of the molecule is CCOC(=O)c1c(C)oc2nc(COC(=O)COc3cccc(Cl)c3)nc(N)c12. The second-order valence-electron chi connectivity index (χ2n) is 5.87. The fraction of sp³-hybridized carbons (Fsp3) is 0.263. The molecule has 152 valence electrons. The predicted molar refractivity (Wildman–Crippen MR) is 104 cm³/mol. The lowest BCUT2D eigenvalue weighted by molar-refractivity contribution is -0.147. The number of ether oxygens (including phenoxy) is 3. The second-order valence-corrected chi connectivity index (χ2v) is 6.30. The smallest absolute Gasteiger partial charge is 0.344 e. The lowest BCUT2D eigenvalue weighted by Crippen LogP contribution is -2.16. The van der Waals surface area contributed by atoms with E-state index in [2.05, 4.69) is 9.97 Å². The van der Waals surface area contributed by atoms with Crippen LogP contribution in [0.1, 0.15) is 28.9 Å². The number of anilines is 1. The molecule has 29 heavy (non-hydrogen) atoms. The van der Waals surface area contributed by atoms with Crippen molar-refractivity contribution in [3.05, 3.63) is 46.4 Å². The number of nitrogens with two attached hydrogens (primary N) is 1. The minimum absolute atomic E-state index is 0.0242. The maximum absolute atomic E-state index is 12.1. The summed E-state index contributed by atoms with van der Waals surface area (Å²) in [4.78, 5) is 32.3.